The third kappa shape index (κ3) is 3.17. The topological polar surface area (TPSA) is 116 Å². The number of anilines is 1. The van der Waals surface area contributed by atoms with Gasteiger partial charge in [0, 0.05) is 12.1 Å². The number of hydrogen-bond acceptors (Lipinski definition) is 6. The van der Waals surface area contributed by atoms with Gasteiger partial charge in [0.05, 0.1) is 23.1 Å². The van der Waals surface area contributed by atoms with Crippen LogP contribution in [0.15, 0.2) is 28.7 Å². The lowest BCUT2D eigenvalue weighted by Gasteiger charge is -2.13. The number of ether oxygens (including phenoxy) is 1. The molecular formula is C23H21ClN4O4. The highest BCUT2D eigenvalue weighted by Crippen LogP contribution is 2.41. The Kier molecular flexibility index (Phi) is 4.33. The molecule has 4 aromatic rings. The van der Waals surface area contributed by atoms with Crippen molar-refractivity contribution in [1.29, 1.82) is 0 Å². The number of carboxylic acid groups (broad SMARTS) is 1. The summed E-state index contributed by atoms with van der Waals surface area (Å²) in [5.74, 6) is 0.657. The van der Waals surface area contributed by atoms with E-state index < -0.39 is 5.97 Å². The second kappa shape index (κ2) is 7.13. The SMILES string of the molecule is Nc1nc2cc(-c3nc4cc(C[C@H](C(=O)O)C5CC5)cc5c4n3CCCO5)cc(Cl)c2o1. The van der Waals surface area contributed by atoms with E-state index in [9.17, 15) is 9.90 Å². The van der Waals surface area contributed by atoms with Gasteiger partial charge in [-0.1, -0.05) is 11.6 Å². The lowest BCUT2D eigenvalue weighted by molar-refractivity contribution is -0.142. The van der Waals surface area contributed by atoms with Crippen LogP contribution in [0.3, 0.4) is 0 Å². The lowest BCUT2D eigenvalue weighted by Crippen LogP contribution is -2.18. The maximum atomic E-state index is 11.8. The van der Waals surface area contributed by atoms with Gasteiger partial charge >= 0.3 is 5.97 Å². The Balaban J connectivity index is 1.49. The minimum Gasteiger partial charge on any atom is -0.491 e. The van der Waals surface area contributed by atoms with Crippen molar-refractivity contribution in [2.24, 2.45) is 11.8 Å². The number of oxazole rings is 1. The molecule has 164 valence electrons. The van der Waals surface area contributed by atoms with Crippen LogP contribution in [0, 0.1) is 11.8 Å². The molecule has 3 N–H and O–H groups in total. The molecule has 6 rings (SSSR count). The van der Waals surface area contributed by atoms with E-state index in [1.807, 2.05) is 18.2 Å². The normalized spacial score (nSPS) is 16.8. The Bertz CT molecular complexity index is 1390. The third-order valence-electron chi connectivity index (χ3n) is 6.33. The molecule has 8 nitrogen and oxygen atoms in total. The number of imidazole rings is 1. The van der Waals surface area contributed by atoms with E-state index in [0.717, 1.165) is 59.5 Å². The van der Waals surface area contributed by atoms with E-state index in [2.05, 4.69) is 9.55 Å². The highest BCUT2D eigenvalue weighted by Gasteiger charge is 2.36. The van der Waals surface area contributed by atoms with E-state index >= 15 is 0 Å². The Morgan fingerprint density at radius 3 is 2.88 bits per heavy atom. The first-order chi connectivity index (χ1) is 15.5. The lowest BCUT2D eigenvalue weighted by atomic mass is 9.94. The zero-order chi connectivity index (χ0) is 22.0. The molecule has 0 bridgehead atoms. The van der Waals surface area contributed by atoms with Gasteiger partial charge in [0.25, 0.3) is 6.01 Å². The molecule has 2 aromatic carbocycles. The summed E-state index contributed by atoms with van der Waals surface area (Å²) < 4.78 is 13.6. The van der Waals surface area contributed by atoms with Crippen LogP contribution in [-0.4, -0.2) is 32.2 Å². The molecule has 0 unspecified atom stereocenters. The van der Waals surface area contributed by atoms with E-state index in [1.54, 1.807) is 6.07 Å². The van der Waals surface area contributed by atoms with Gasteiger partial charge in [-0.25, -0.2) is 4.98 Å². The van der Waals surface area contributed by atoms with E-state index in [-0.39, 0.29) is 17.9 Å². The smallest absolute Gasteiger partial charge is 0.307 e. The average Bonchev–Trinajstić information content (AvgIpc) is 3.46. The summed E-state index contributed by atoms with van der Waals surface area (Å²) in [5, 5.41) is 10.1. The zero-order valence-electron chi connectivity index (χ0n) is 17.2. The summed E-state index contributed by atoms with van der Waals surface area (Å²) >= 11 is 6.44. The number of hydrogen-bond donors (Lipinski definition) is 2. The van der Waals surface area contributed by atoms with Crippen LogP contribution in [0.4, 0.5) is 6.01 Å². The zero-order valence-corrected chi connectivity index (χ0v) is 17.9. The molecule has 1 saturated carbocycles. The van der Waals surface area contributed by atoms with Crippen molar-refractivity contribution in [1.82, 2.24) is 14.5 Å². The van der Waals surface area contributed by atoms with Gasteiger partial charge in [0.2, 0.25) is 0 Å². The molecule has 1 aliphatic carbocycles. The maximum Gasteiger partial charge on any atom is 0.307 e. The number of fused-ring (bicyclic) bond motifs is 1. The van der Waals surface area contributed by atoms with E-state index in [0.29, 0.717) is 29.2 Å². The van der Waals surface area contributed by atoms with Crippen LogP contribution in [0.1, 0.15) is 24.8 Å². The van der Waals surface area contributed by atoms with Crippen molar-refractivity contribution in [3.05, 3.63) is 34.9 Å². The van der Waals surface area contributed by atoms with Crippen LogP contribution >= 0.6 is 11.6 Å². The Morgan fingerprint density at radius 2 is 2.09 bits per heavy atom. The molecule has 3 heterocycles. The highest BCUT2D eigenvalue weighted by atomic mass is 35.5. The van der Waals surface area contributed by atoms with Crippen molar-refractivity contribution < 1.29 is 19.1 Å². The number of aromatic nitrogens is 3. The molecule has 0 saturated heterocycles. The number of nitrogen functional groups attached to an aromatic ring is 1. The third-order valence-corrected chi connectivity index (χ3v) is 6.61. The number of halogens is 1. The molecule has 1 fully saturated rings. The van der Waals surface area contributed by atoms with Crippen LogP contribution < -0.4 is 10.5 Å². The number of carboxylic acids is 1. The predicted octanol–water partition coefficient (Wildman–Crippen LogP) is 4.52. The summed E-state index contributed by atoms with van der Waals surface area (Å²) in [6.07, 6.45) is 3.27. The summed E-state index contributed by atoms with van der Waals surface area (Å²) in [6, 6.07) is 7.70. The molecule has 0 amide bonds. The fourth-order valence-electron chi connectivity index (χ4n) is 4.70. The maximum absolute atomic E-state index is 11.8. The molecule has 1 aliphatic heterocycles. The van der Waals surface area contributed by atoms with Crippen LogP contribution in [0.2, 0.25) is 5.02 Å². The molecular weight excluding hydrogens is 432 g/mol. The number of carbonyl (C=O) groups is 1. The number of nitrogens with two attached hydrogens (primary N) is 1. The van der Waals surface area contributed by atoms with Gasteiger partial charge in [-0.05, 0) is 61.4 Å². The number of aliphatic carboxylic acids is 1. The van der Waals surface area contributed by atoms with Crippen molar-refractivity contribution in [3.63, 3.8) is 0 Å². The van der Waals surface area contributed by atoms with Gasteiger partial charge in [-0.2, -0.15) is 4.98 Å². The molecule has 32 heavy (non-hydrogen) atoms. The van der Waals surface area contributed by atoms with Crippen molar-refractivity contribution in [2.45, 2.75) is 32.2 Å². The fourth-order valence-corrected chi connectivity index (χ4v) is 4.96. The Hall–Kier alpha value is -3.26. The summed E-state index contributed by atoms with van der Waals surface area (Å²) in [6.45, 7) is 1.33. The molecule has 2 aromatic heterocycles. The summed E-state index contributed by atoms with van der Waals surface area (Å²) in [4.78, 5) is 20.9. The minimum atomic E-state index is -0.736. The molecule has 9 heteroatoms. The largest absolute Gasteiger partial charge is 0.491 e. The quantitative estimate of drug-likeness (QED) is 0.457. The van der Waals surface area contributed by atoms with Gasteiger partial charge in [0.15, 0.2) is 5.58 Å². The van der Waals surface area contributed by atoms with Gasteiger partial charge in [-0.3, -0.25) is 4.79 Å². The number of rotatable bonds is 5. The van der Waals surface area contributed by atoms with Crippen molar-refractivity contribution in [2.75, 3.05) is 12.3 Å². The van der Waals surface area contributed by atoms with Crippen LogP contribution in [0.25, 0.3) is 33.5 Å². The molecule has 2 aliphatic rings. The molecule has 0 spiro atoms. The number of benzene rings is 2. The fraction of sp³-hybridized carbons (Fsp3) is 0.348. The second-order valence-corrected chi connectivity index (χ2v) is 9.00. The Labute approximate surface area is 187 Å². The summed E-state index contributed by atoms with van der Waals surface area (Å²) in [7, 11) is 0. The monoisotopic (exact) mass is 452 g/mol. The second-order valence-electron chi connectivity index (χ2n) is 8.60. The van der Waals surface area contributed by atoms with Gasteiger partial charge in [-0.15, -0.1) is 0 Å². The molecule has 1 atom stereocenters. The summed E-state index contributed by atoms with van der Waals surface area (Å²) in [5.41, 5.74) is 10.2. The standard InChI is InChI=1S/C23H21ClN4O4/c24-15-9-13(10-17-20(15)32-23(25)27-17)21-26-16-7-11(6-14(22(29)30)12-2-3-12)8-18-19(16)28(21)4-1-5-31-18/h7-10,12,14H,1-6H2,(H2,25,27)(H,29,30)/t14-/m0/s1. The molecule has 0 radical (unpaired) electrons. The average molecular weight is 453 g/mol. The Morgan fingerprint density at radius 1 is 1.25 bits per heavy atom. The number of nitrogens with zero attached hydrogens (tertiary/aromatic N) is 3. The van der Waals surface area contributed by atoms with Crippen molar-refractivity contribution >= 4 is 45.7 Å². The number of aryl methyl sites for hydroxylation is 1. The first-order valence-electron chi connectivity index (χ1n) is 10.7. The van der Waals surface area contributed by atoms with Crippen LogP contribution in [-0.2, 0) is 17.8 Å². The van der Waals surface area contributed by atoms with Gasteiger partial charge < -0.3 is 24.6 Å². The van der Waals surface area contributed by atoms with E-state index in [1.165, 1.54) is 0 Å². The van der Waals surface area contributed by atoms with Crippen molar-refractivity contribution in [3.8, 4) is 17.1 Å². The van der Waals surface area contributed by atoms with Gasteiger partial charge in [0.1, 0.15) is 22.6 Å². The first kappa shape index (κ1) is 19.4. The predicted molar refractivity (Wildman–Crippen MR) is 120 cm³/mol. The highest BCUT2D eigenvalue weighted by molar-refractivity contribution is 6.35. The first-order valence-corrected chi connectivity index (χ1v) is 11.1. The van der Waals surface area contributed by atoms with E-state index in [4.69, 9.17) is 31.5 Å². The van der Waals surface area contributed by atoms with Crippen LogP contribution in [0.5, 0.6) is 5.75 Å². The minimum absolute atomic E-state index is 0.0643.